The Morgan fingerprint density at radius 3 is 2.65 bits per heavy atom. The summed E-state index contributed by atoms with van der Waals surface area (Å²) in [5, 5.41) is 11.0. The molecular weight excluding hydrogens is 266 g/mol. The van der Waals surface area contributed by atoms with E-state index in [2.05, 4.69) is 15.0 Å². The molecule has 1 unspecified atom stereocenters. The minimum absolute atomic E-state index is 0.130. The van der Waals surface area contributed by atoms with E-state index in [-0.39, 0.29) is 13.0 Å². The highest BCUT2D eigenvalue weighted by Gasteiger charge is 2.23. The predicted molar refractivity (Wildman–Crippen MR) is 68.8 cm³/mol. The monoisotopic (exact) mass is 281 g/mol. The van der Waals surface area contributed by atoms with E-state index in [0.717, 1.165) is 0 Å². The van der Waals surface area contributed by atoms with Gasteiger partial charge in [-0.05, 0) is 19.1 Å². The molecule has 8 nitrogen and oxygen atoms in total. The van der Waals surface area contributed by atoms with Gasteiger partial charge in [0.2, 0.25) is 0 Å². The summed E-state index contributed by atoms with van der Waals surface area (Å²) in [7, 11) is 0. The zero-order valence-electron chi connectivity index (χ0n) is 10.8. The standard InChI is InChI=1S/C12H15N3O5/c1-2-20-12(19)10(13)11(18)15-8-4-3-7(14-6-8)5-9(16)17/h3-4,6,10H,2,5,13H2,1H3,(H,15,18)(H,16,17). The van der Waals surface area contributed by atoms with Crippen molar-refractivity contribution in [1.82, 2.24) is 4.98 Å². The van der Waals surface area contributed by atoms with Gasteiger partial charge in [0, 0.05) is 0 Å². The van der Waals surface area contributed by atoms with Crippen LogP contribution in [-0.4, -0.2) is 40.6 Å². The van der Waals surface area contributed by atoms with E-state index in [1.807, 2.05) is 0 Å². The topological polar surface area (TPSA) is 132 Å². The lowest BCUT2D eigenvalue weighted by atomic mass is 10.2. The number of carboxylic acid groups (broad SMARTS) is 1. The molecule has 1 atom stereocenters. The Bertz CT molecular complexity index is 500. The fourth-order valence-corrected chi connectivity index (χ4v) is 1.32. The number of rotatable bonds is 6. The van der Waals surface area contributed by atoms with Crippen LogP contribution in [0.2, 0.25) is 0 Å². The molecule has 1 aromatic heterocycles. The SMILES string of the molecule is CCOC(=O)C(N)C(=O)Nc1ccc(CC(=O)O)nc1. The van der Waals surface area contributed by atoms with Gasteiger partial charge >= 0.3 is 11.9 Å². The van der Waals surface area contributed by atoms with Gasteiger partial charge in [-0.3, -0.25) is 14.6 Å². The van der Waals surface area contributed by atoms with E-state index >= 15 is 0 Å². The van der Waals surface area contributed by atoms with Crippen molar-refractivity contribution in [2.45, 2.75) is 19.4 Å². The number of carboxylic acids is 1. The molecule has 0 radical (unpaired) electrons. The minimum Gasteiger partial charge on any atom is -0.481 e. The number of aliphatic carboxylic acids is 1. The maximum Gasteiger partial charge on any atom is 0.332 e. The van der Waals surface area contributed by atoms with Crippen molar-refractivity contribution < 1.29 is 24.2 Å². The molecule has 0 aliphatic carbocycles. The number of hydrogen-bond acceptors (Lipinski definition) is 6. The van der Waals surface area contributed by atoms with Gasteiger partial charge in [0.15, 0.2) is 6.04 Å². The molecule has 0 saturated heterocycles. The Morgan fingerprint density at radius 1 is 1.45 bits per heavy atom. The molecule has 0 aliphatic rings. The van der Waals surface area contributed by atoms with Crippen LogP contribution in [0.15, 0.2) is 18.3 Å². The largest absolute Gasteiger partial charge is 0.481 e. The summed E-state index contributed by atoms with van der Waals surface area (Å²) in [5.41, 5.74) is 6.07. The minimum atomic E-state index is -1.42. The number of nitrogens with one attached hydrogen (secondary N) is 1. The molecule has 1 amide bonds. The Morgan fingerprint density at radius 2 is 2.15 bits per heavy atom. The number of carbonyl (C=O) groups excluding carboxylic acids is 2. The van der Waals surface area contributed by atoms with Crippen LogP contribution in [-0.2, 0) is 25.5 Å². The fourth-order valence-electron chi connectivity index (χ4n) is 1.32. The van der Waals surface area contributed by atoms with Crippen molar-refractivity contribution in [3.05, 3.63) is 24.0 Å². The summed E-state index contributed by atoms with van der Waals surface area (Å²) >= 11 is 0. The highest BCUT2D eigenvalue weighted by atomic mass is 16.5. The maximum absolute atomic E-state index is 11.6. The van der Waals surface area contributed by atoms with Gasteiger partial charge in [0.1, 0.15) is 0 Å². The number of nitrogens with zero attached hydrogens (tertiary/aromatic N) is 1. The quantitative estimate of drug-likeness (QED) is 0.474. The molecule has 20 heavy (non-hydrogen) atoms. The van der Waals surface area contributed by atoms with Crippen molar-refractivity contribution in [3.8, 4) is 0 Å². The van der Waals surface area contributed by atoms with E-state index < -0.39 is 23.9 Å². The molecule has 0 bridgehead atoms. The first-order valence-electron chi connectivity index (χ1n) is 5.83. The highest BCUT2D eigenvalue weighted by molar-refractivity contribution is 6.08. The second-order valence-corrected chi connectivity index (χ2v) is 3.83. The van der Waals surface area contributed by atoms with Gasteiger partial charge in [-0.1, -0.05) is 0 Å². The number of nitrogens with two attached hydrogens (primary N) is 1. The van der Waals surface area contributed by atoms with Crippen LogP contribution in [0, 0.1) is 0 Å². The molecule has 1 heterocycles. The van der Waals surface area contributed by atoms with Crippen molar-refractivity contribution in [2.75, 3.05) is 11.9 Å². The summed E-state index contributed by atoms with van der Waals surface area (Å²) in [6, 6.07) is 1.51. The number of carbonyl (C=O) groups is 3. The number of pyridine rings is 1. The highest BCUT2D eigenvalue weighted by Crippen LogP contribution is 2.07. The number of ether oxygens (including phenoxy) is 1. The van der Waals surface area contributed by atoms with Gasteiger partial charge < -0.3 is 20.9 Å². The first-order chi connectivity index (χ1) is 9.43. The van der Waals surface area contributed by atoms with E-state index in [9.17, 15) is 14.4 Å². The number of hydrogen-bond donors (Lipinski definition) is 3. The summed E-state index contributed by atoms with van der Waals surface area (Å²) in [4.78, 5) is 37.2. The van der Waals surface area contributed by atoms with Crippen molar-refractivity contribution in [2.24, 2.45) is 5.73 Å². The molecule has 108 valence electrons. The Hall–Kier alpha value is -2.48. The predicted octanol–water partition coefficient (Wildman–Crippen LogP) is -0.462. The van der Waals surface area contributed by atoms with Crippen LogP contribution < -0.4 is 11.1 Å². The van der Waals surface area contributed by atoms with Crippen molar-refractivity contribution in [1.29, 1.82) is 0 Å². The molecular formula is C12H15N3O5. The molecule has 0 saturated carbocycles. The molecule has 4 N–H and O–H groups in total. The van der Waals surface area contributed by atoms with Crippen molar-refractivity contribution in [3.63, 3.8) is 0 Å². The Labute approximate surface area is 114 Å². The summed E-state index contributed by atoms with van der Waals surface area (Å²) < 4.78 is 4.62. The summed E-state index contributed by atoms with van der Waals surface area (Å²) in [5.74, 6) is -2.55. The third kappa shape index (κ3) is 4.65. The first kappa shape index (κ1) is 15.6. The normalized spacial score (nSPS) is 11.5. The van der Waals surface area contributed by atoms with Crippen LogP contribution in [0.1, 0.15) is 12.6 Å². The van der Waals surface area contributed by atoms with E-state index in [0.29, 0.717) is 11.4 Å². The van der Waals surface area contributed by atoms with Gasteiger partial charge in [0.25, 0.3) is 5.91 Å². The Balaban J connectivity index is 2.62. The second-order valence-electron chi connectivity index (χ2n) is 3.83. The second kappa shape index (κ2) is 7.19. The van der Waals surface area contributed by atoms with Crippen LogP contribution in [0.5, 0.6) is 0 Å². The average molecular weight is 281 g/mol. The Kier molecular flexibility index (Phi) is 5.60. The molecule has 1 rings (SSSR count). The lowest BCUT2D eigenvalue weighted by Crippen LogP contribution is -2.43. The molecule has 0 fully saturated rings. The van der Waals surface area contributed by atoms with Crippen molar-refractivity contribution >= 4 is 23.5 Å². The number of aromatic nitrogens is 1. The van der Waals surface area contributed by atoms with Gasteiger partial charge in [-0.2, -0.15) is 0 Å². The lowest BCUT2D eigenvalue weighted by Gasteiger charge is -2.11. The van der Waals surface area contributed by atoms with E-state index in [1.165, 1.54) is 18.3 Å². The first-order valence-corrected chi connectivity index (χ1v) is 5.83. The molecule has 0 spiro atoms. The maximum atomic E-state index is 11.6. The van der Waals surface area contributed by atoms with Gasteiger partial charge in [0.05, 0.1) is 30.6 Å². The van der Waals surface area contributed by atoms with Gasteiger partial charge in [-0.15, -0.1) is 0 Å². The molecule has 8 heteroatoms. The van der Waals surface area contributed by atoms with Crippen LogP contribution >= 0.6 is 0 Å². The van der Waals surface area contributed by atoms with Crippen LogP contribution in [0.3, 0.4) is 0 Å². The molecule has 0 aromatic carbocycles. The third-order valence-electron chi connectivity index (χ3n) is 2.25. The summed E-state index contributed by atoms with van der Waals surface area (Å²) in [6.45, 7) is 1.73. The smallest absolute Gasteiger partial charge is 0.332 e. The van der Waals surface area contributed by atoms with Crippen LogP contribution in [0.4, 0.5) is 5.69 Å². The molecule has 0 aliphatic heterocycles. The zero-order valence-corrected chi connectivity index (χ0v) is 10.8. The summed E-state index contributed by atoms with van der Waals surface area (Å²) in [6.07, 6.45) is 1.07. The van der Waals surface area contributed by atoms with E-state index in [4.69, 9.17) is 10.8 Å². The number of esters is 1. The lowest BCUT2D eigenvalue weighted by molar-refractivity contribution is -0.147. The van der Waals surface area contributed by atoms with E-state index in [1.54, 1.807) is 6.92 Å². The number of amides is 1. The zero-order chi connectivity index (χ0) is 15.1. The van der Waals surface area contributed by atoms with Gasteiger partial charge in [-0.25, -0.2) is 4.79 Å². The fraction of sp³-hybridized carbons (Fsp3) is 0.333. The average Bonchev–Trinajstić information content (AvgIpc) is 2.39. The molecule has 1 aromatic rings. The van der Waals surface area contributed by atoms with Crippen LogP contribution in [0.25, 0.3) is 0 Å². The third-order valence-corrected chi connectivity index (χ3v) is 2.25. The number of anilines is 1.